The van der Waals surface area contributed by atoms with Crippen LogP contribution in [-0.2, 0) is 0 Å². The van der Waals surface area contributed by atoms with Gasteiger partial charge < -0.3 is 0 Å². The first-order chi connectivity index (χ1) is 7.40. The van der Waals surface area contributed by atoms with Gasteiger partial charge in [0, 0.05) is 12.4 Å². The molecule has 0 aliphatic carbocycles. The lowest BCUT2D eigenvalue weighted by molar-refractivity contribution is 0.794. The number of pyridine rings is 2. The lowest BCUT2D eigenvalue weighted by Crippen LogP contribution is -2.14. The average molecular weight is 200 g/mol. The maximum atomic E-state index is 10.5. The van der Waals surface area contributed by atoms with E-state index in [1.54, 1.807) is 36.5 Å². The standard InChI is InChI=1S/C10H8N4O/c15-13-14-8-4-2-6-10(14)12-9-5-1-3-7-11-9/h1-8H. The van der Waals surface area contributed by atoms with Crippen molar-refractivity contribution in [3.05, 3.63) is 59.2 Å². The summed E-state index contributed by atoms with van der Waals surface area (Å²) in [5.41, 5.74) is 0.450. The second-order valence-corrected chi connectivity index (χ2v) is 2.78. The van der Waals surface area contributed by atoms with Gasteiger partial charge in [0.25, 0.3) is 0 Å². The normalized spacial score (nSPS) is 11.3. The van der Waals surface area contributed by atoms with Crippen molar-refractivity contribution in [2.24, 2.45) is 10.3 Å². The lowest BCUT2D eigenvalue weighted by atomic mass is 10.4. The van der Waals surface area contributed by atoms with Crippen molar-refractivity contribution in [2.75, 3.05) is 0 Å². The van der Waals surface area contributed by atoms with Gasteiger partial charge in [0.15, 0.2) is 11.3 Å². The van der Waals surface area contributed by atoms with Crippen LogP contribution in [0.15, 0.2) is 59.1 Å². The summed E-state index contributed by atoms with van der Waals surface area (Å²) in [6, 6.07) is 10.6. The van der Waals surface area contributed by atoms with Crippen molar-refractivity contribution >= 4 is 5.82 Å². The minimum Gasteiger partial charge on any atom is -0.237 e. The van der Waals surface area contributed by atoms with Gasteiger partial charge >= 0.3 is 0 Å². The van der Waals surface area contributed by atoms with Gasteiger partial charge in [-0.15, -0.1) is 4.91 Å². The summed E-state index contributed by atoms with van der Waals surface area (Å²) in [6.45, 7) is 0. The highest BCUT2D eigenvalue weighted by Gasteiger charge is 1.91. The van der Waals surface area contributed by atoms with E-state index in [-0.39, 0.29) is 0 Å². The molecule has 0 aliphatic heterocycles. The van der Waals surface area contributed by atoms with Crippen LogP contribution in [0.25, 0.3) is 0 Å². The summed E-state index contributed by atoms with van der Waals surface area (Å²) in [6.07, 6.45) is 3.18. The third kappa shape index (κ3) is 2.14. The zero-order chi connectivity index (χ0) is 10.5. The molecule has 0 saturated carbocycles. The Morgan fingerprint density at radius 2 is 2.00 bits per heavy atom. The molecule has 5 heteroatoms. The number of nitroso groups, excluding NO2 is 1. The molecule has 2 heterocycles. The molecule has 2 rings (SSSR count). The van der Waals surface area contributed by atoms with E-state index in [9.17, 15) is 4.91 Å². The molecule has 15 heavy (non-hydrogen) atoms. The van der Waals surface area contributed by atoms with Crippen LogP contribution in [0.5, 0.6) is 0 Å². The minimum atomic E-state index is 0.450. The Hall–Kier alpha value is -2.30. The molecule has 0 saturated heterocycles. The van der Waals surface area contributed by atoms with E-state index < -0.39 is 0 Å². The summed E-state index contributed by atoms with van der Waals surface area (Å²) in [4.78, 5) is 18.6. The van der Waals surface area contributed by atoms with Crippen molar-refractivity contribution < 1.29 is 0 Å². The van der Waals surface area contributed by atoms with Gasteiger partial charge in [-0.25, -0.2) is 9.98 Å². The van der Waals surface area contributed by atoms with Crippen LogP contribution in [0, 0.1) is 4.91 Å². The van der Waals surface area contributed by atoms with Gasteiger partial charge in [-0.1, -0.05) is 12.1 Å². The zero-order valence-corrected chi connectivity index (χ0v) is 7.82. The molecular formula is C10H8N4O. The molecule has 0 bridgehead atoms. The number of nitrogens with zero attached hydrogens (tertiary/aromatic N) is 4. The number of hydrogen-bond donors (Lipinski definition) is 0. The molecule has 0 unspecified atom stereocenters. The third-order valence-electron chi connectivity index (χ3n) is 1.78. The molecule has 0 atom stereocenters. The largest absolute Gasteiger partial charge is 0.237 e. The van der Waals surface area contributed by atoms with Crippen LogP contribution in [0.2, 0.25) is 0 Å². The summed E-state index contributed by atoms with van der Waals surface area (Å²) in [5, 5.41) is 2.81. The Labute approximate surface area is 85.7 Å². The molecule has 0 N–H and O–H groups in total. The van der Waals surface area contributed by atoms with Crippen molar-refractivity contribution in [3.8, 4) is 0 Å². The maximum absolute atomic E-state index is 10.5. The average Bonchev–Trinajstić information content (AvgIpc) is 2.31. The number of aromatic nitrogens is 2. The monoisotopic (exact) mass is 200 g/mol. The smallest absolute Gasteiger partial charge is 0.159 e. The molecular weight excluding hydrogens is 192 g/mol. The van der Waals surface area contributed by atoms with E-state index >= 15 is 0 Å². The molecule has 0 radical (unpaired) electrons. The van der Waals surface area contributed by atoms with Gasteiger partial charge in [0.2, 0.25) is 0 Å². The van der Waals surface area contributed by atoms with Crippen LogP contribution < -0.4 is 5.49 Å². The van der Waals surface area contributed by atoms with Crippen molar-refractivity contribution in [1.29, 1.82) is 0 Å². The van der Waals surface area contributed by atoms with E-state index in [1.165, 1.54) is 6.20 Å². The lowest BCUT2D eigenvalue weighted by Gasteiger charge is -1.94. The first-order valence-corrected chi connectivity index (χ1v) is 4.37. The summed E-state index contributed by atoms with van der Waals surface area (Å²) < 4.78 is 1.15. The number of rotatable bonds is 2. The summed E-state index contributed by atoms with van der Waals surface area (Å²) in [5.74, 6) is 0.543. The van der Waals surface area contributed by atoms with Crippen LogP contribution in [-0.4, -0.2) is 9.66 Å². The molecule has 0 aliphatic rings. The second-order valence-electron chi connectivity index (χ2n) is 2.78. The molecule has 0 fully saturated rings. The SMILES string of the molecule is O=Nn1ccccc1=Nc1ccccn1. The van der Waals surface area contributed by atoms with Crippen molar-refractivity contribution in [3.63, 3.8) is 0 Å². The Bertz CT molecular complexity index is 518. The van der Waals surface area contributed by atoms with E-state index in [0.29, 0.717) is 11.3 Å². The Balaban J connectivity index is 2.54. The third-order valence-corrected chi connectivity index (χ3v) is 1.78. The van der Waals surface area contributed by atoms with Gasteiger partial charge in [0.1, 0.15) is 0 Å². The zero-order valence-electron chi connectivity index (χ0n) is 7.82. The fourth-order valence-electron chi connectivity index (χ4n) is 1.12. The van der Waals surface area contributed by atoms with E-state index in [0.717, 1.165) is 4.68 Å². The predicted octanol–water partition coefficient (Wildman–Crippen LogP) is 1.65. The maximum Gasteiger partial charge on any atom is 0.159 e. The first kappa shape index (κ1) is 9.26. The molecule has 74 valence electrons. The molecule has 5 nitrogen and oxygen atoms in total. The van der Waals surface area contributed by atoms with E-state index in [4.69, 9.17) is 0 Å². The fraction of sp³-hybridized carbons (Fsp3) is 0. The van der Waals surface area contributed by atoms with Crippen molar-refractivity contribution in [1.82, 2.24) is 9.66 Å². The molecule has 0 amide bonds. The van der Waals surface area contributed by atoms with E-state index in [2.05, 4.69) is 15.3 Å². The Kier molecular flexibility index (Phi) is 2.64. The molecule has 0 spiro atoms. The highest BCUT2D eigenvalue weighted by Crippen LogP contribution is 2.02. The van der Waals surface area contributed by atoms with Crippen LogP contribution >= 0.6 is 0 Å². The van der Waals surface area contributed by atoms with Gasteiger partial charge in [-0.3, -0.25) is 0 Å². The topological polar surface area (TPSA) is 59.6 Å². The van der Waals surface area contributed by atoms with Gasteiger partial charge in [0.05, 0.1) is 5.29 Å². The molecule has 2 aromatic rings. The van der Waals surface area contributed by atoms with Crippen LogP contribution in [0.4, 0.5) is 5.82 Å². The minimum absolute atomic E-state index is 0.450. The highest BCUT2D eigenvalue weighted by atomic mass is 16.3. The van der Waals surface area contributed by atoms with Gasteiger partial charge in [-0.05, 0) is 24.3 Å². The van der Waals surface area contributed by atoms with Crippen LogP contribution in [0.1, 0.15) is 0 Å². The van der Waals surface area contributed by atoms with E-state index in [1.807, 2.05) is 6.07 Å². The molecule has 2 aromatic heterocycles. The second kappa shape index (κ2) is 4.28. The Morgan fingerprint density at radius 3 is 2.73 bits per heavy atom. The Morgan fingerprint density at radius 1 is 1.13 bits per heavy atom. The fourth-order valence-corrected chi connectivity index (χ4v) is 1.12. The predicted molar refractivity (Wildman–Crippen MR) is 55.1 cm³/mol. The van der Waals surface area contributed by atoms with Gasteiger partial charge in [-0.2, -0.15) is 4.68 Å². The highest BCUT2D eigenvalue weighted by molar-refractivity contribution is 5.25. The first-order valence-electron chi connectivity index (χ1n) is 4.37. The van der Waals surface area contributed by atoms with Crippen molar-refractivity contribution in [2.45, 2.75) is 0 Å². The summed E-state index contributed by atoms with van der Waals surface area (Å²) >= 11 is 0. The summed E-state index contributed by atoms with van der Waals surface area (Å²) in [7, 11) is 0. The number of hydrogen-bond acceptors (Lipinski definition) is 4. The van der Waals surface area contributed by atoms with Crippen LogP contribution in [0.3, 0.4) is 0 Å². The quantitative estimate of drug-likeness (QED) is 0.692. The molecule has 0 aromatic carbocycles.